The van der Waals surface area contributed by atoms with Gasteiger partial charge in [-0.15, -0.1) is 0 Å². The lowest BCUT2D eigenvalue weighted by atomic mass is 10.3. The van der Waals surface area contributed by atoms with Gasteiger partial charge in [0.05, 0.1) is 22.2 Å². The van der Waals surface area contributed by atoms with Crippen molar-refractivity contribution >= 4 is 28.0 Å². The van der Waals surface area contributed by atoms with Crippen molar-refractivity contribution in [2.24, 2.45) is 4.99 Å². The van der Waals surface area contributed by atoms with Gasteiger partial charge in [-0.1, -0.05) is 0 Å². The molecular formula is C13H19BrFN3O. The summed E-state index contributed by atoms with van der Waals surface area (Å²) in [4.78, 5) is 10.6. The van der Waals surface area contributed by atoms with Crippen molar-refractivity contribution in [2.75, 3.05) is 20.2 Å². The first kappa shape index (κ1) is 15.9. The van der Waals surface area contributed by atoms with E-state index in [0.29, 0.717) is 10.4 Å². The van der Waals surface area contributed by atoms with Crippen molar-refractivity contribution in [3.8, 4) is 5.88 Å². The first-order valence-corrected chi connectivity index (χ1v) is 6.91. The minimum Gasteiger partial charge on any atom is -0.474 e. The van der Waals surface area contributed by atoms with Gasteiger partial charge in [0.2, 0.25) is 5.88 Å². The molecule has 0 spiro atoms. The van der Waals surface area contributed by atoms with Gasteiger partial charge in [0.15, 0.2) is 0 Å². The highest BCUT2D eigenvalue weighted by Crippen LogP contribution is 2.29. The number of rotatable bonds is 6. The Labute approximate surface area is 121 Å². The fraction of sp³-hybridized carbons (Fsp3) is 0.538. The van der Waals surface area contributed by atoms with Gasteiger partial charge in [0, 0.05) is 13.6 Å². The molecule has 1 heterocycles. The van der Waals surface area contributed by atoms with Crippen molar-refractivity contribution in [3.05, 3.63) is 16.2 Å². The second-order valence-corrected chi connectivity index (χ2v) is 5.14. The number of alkyl halides is 1. The second kappa shape index (κ2) is 7.43. The average molecular weight is 332 g/mol. The first-order chi connectivity index (χ1) is 8.93. The van der Waals surface area contributed by atoms with Crippen LogP contribution in [0.4, 0.5) is 10.1 Å². The lowest BCUT2D eigenvalue weighted by molar-refractivity contribution is 0.202. The molecule has 1 rings (SSSR count). The van der Waals surface area contributed by atoms with Crippen molar-refractivity contribution in [1.29, 1.82) is 0 Å². The third kappa shape index (κ3) is 5.14. The molecule has 1 atom stereocenters. The molecule has 0 radical (unpaired) electrons. The van der Waals surface area contributed by atoms with E-state index in [1.165, 1.54) is 6.92 Å². The molecule has 1 aromatic heterocycles. The van der Waals surface area contributed by atoms with E-state index in [1.54, 1.807) is 6.34 Å². The molecule has 0 saturated heterocycles. The third-order valence-corrected chi connectivity index (χ3v) is 3.02. The molecule has 6 heteroatoms. The Balaban J connectivity index is 2.87. The summed E-state index contributed by atoms with van der Waals surface area (Å²) in [5, 5.41) is 0. The van der Waals surface area contributed by atoms with Crippen LogP contribution in [0.2, 0.25) is 0 Å². The molecular weight excluding hydrogens is 313 g/mol. The van der Waals surface area contributed by atoms with E-state index in [-0.39, 0.29) is 6.61 Å². The summed E-state index contributed by atoms with van der Waals surface area (Å²) in [5.74, 6) is 0.393. The monoisotopic (exact) mass is 331 g/mol. The molecule has 0 fully saturated rings. The van der Waals surface area contributed by atoms with Crippen molar-refractivity contribution < 1.29 is 9.13 Å². The predicted octanol–water partition coefficient (Wildman–Crippen LogP) is 3.50. The number of aryl methyl sites for hydroxylation is 1. The van der Waals surface area contributed by atoms with Crippen molar-refractivity contribution in [1.82, 2.24) is 9.88 Å². The Bertz CT molecular complexity index is 452. The van der Waals surface area contributed by atoms with Gasteiger partial charge < -0.3 is 9.64 Å². The summed E-state index contributed by atoms with van der Waals surface area (Å²) >= 11 is 3.36. The number of pyridine rings is 1. The smallest absolute Gasteiger partial charge is 0.228 e. The van der Waals surface area contributed by atoms with E-state index in [9.17, 15) is 4.39 Å². The van der Waals surface area contributed by atoms with Crippen LogP contribution < -0.4 is 4.74 Å². The zero-order valence-electron chi connectivity index (χ0n) is 11.7. The molecule has 0 N–H and O–H groups in total. The lowest BCUT2D eigenvalue weighted by Crippen LogP contribution is -2.14. The van der Waals surface area contributed by atoms with Crippen LogP contribution in [0, 0.1) is 6.92 Å². The van der Waals surface area contributed by atoms with Crippen LogP contribution in [0.3, 0.4) is 0 Å². The summed E-state index contributed by atoms with van der Waals surface area (Å²) in [6.45, 7) is 6.21. The number of ether oxygens (including phenoxy) is 1. The molecule has 0 saturated carbocycles. The minimum atomic E-state index is -1.02. The van der Waals surface area contributed by atoms with Gasteiger partial charge >= 0.3 is 0 Å². The minimum absolute atomic E-state index is 0.00771. The van der Waals surface area contributed by atoms with Gasteiger partial charge in [-0.05, 0) is 42.8 Å². The molecule has 19 heavy (non-hydrogen) atoms. The molecule has 0 aliphatic carbocycles. The number of halogens is 2. The normalized spacial score (nSPS) is 12.7. The summed E-state index contributed by atoms with van der Waals surface area (Å²) in [6.07, 6.45) is 0.727. The maximum atomic E-state index is 12.8. The molecule has 0 amide bonds. The fourth-order valence-corrected chi connectivity index (χ4v) is 1.64. The van der Waals surface area contributed by atoms with Crippen LogP contribution in [0.15, 0.2) is 15.5 Å². The van der Waals surface area contributed by atoms with Gasteiger partial charge in [-0.25, -0.2) is 14.4 Å². The molecule has 1 aromatic rings. The lowest BCUT2D eigenvalue weighted by Gasteiger charge is -2.11. The summed E-state index contributed by atoms with van der Waals surface area (Å²) in [5.41, 5.74) is 1.50. The molecule has 4 nitrogen and oxygen atoms in total. The van der Waals surface area contributed by atoms with Crippen molar-refractivity contribution in [2.45, 2.75) is 26.9 Å². The molecule has 0 aliphatic rings. The Kier molecular flexibility index (Phi) is 6.21. The maximum absolute atomic E-state index is 12.8. The summed E-state index contributed by atoms with van der Waals surface area (Å²) in [6, 6.07) is 1.82. The standard InChI is InChI=1S/C13H19BrFN3O/c1-5-18(4)8-16-12-6-11(14)13(17-10(12)3)19-7-9(2)15/h6,8-9H,5,7H2,1-4H3/b16-8+. The Hall–Kier alpha value is -1.17. The molecule has 0 aliphatic heterocycles. The van der Waals surface area contributed by atoms with E-state index in [0.717, 1.165) is 17.9 Å². The molecule has 106 valence electrons. The van der Waals surface area contributed by atoms with E-state index in [1.807, 2.05) is 31.9 Å². The quantitative estimate of drug-likeness (QED) is 0.591. The highest BCUT2D eigenvalue weighted by molar-refractivity contribution is 9.10. The topological polar surface area (TPSA) is 37.7 Å². The Morgan fingerprint density at radius 2 is 2.32 bits per heavy atom. The molecule has 0 bridgehead atoms. The van der Waals surface area contributed by atoms with E-state index in [4.69, 9.17) is 4.74 Å². The Morgan fingerprint density at radius 1 is 1.63 bits per heavy atom. The van der Waals surface area contributed by atoms with Crippen LogP contribution in [0.1, 0.15) is 19.5 Å². The summed E-state index contributed by atoms with van der Waals surface area (Å²) in [7, 11) is 1.95. The zero-order chi connectivity index (χ0) is 14.4. The number of hydrogen-bond acceptors (Lipinski definition) is 3. The van der Waals surface area contributed by atoms with Crippen LogP contribution in [-0.2, 0) is 0 Å². The number of nitrogens with zero attached hydrogens (tertiary/aromatic N) is 3. The van der Waals surface area contributed by atoms with E-state index < -0.39 is 6.17 Å². The fourth-order valence-electron chi connectivity index (χ4n) is 1.22. The van der Waals surface area contributed by atoms with E-state index in [2.05, 4.69) is 25.9 Å². The first-order valence-electron chi connectivity index (χ1n) is 6.12. The van der Waals surface area contributed by atoms with Gasteiger partial charge in [0.25, 0.3) is 0 Å². The largest absolute Gasteiger partial charge is 0.474 e. The molecule has 0 aromatic carbocycles. The average Bonchev–Trinajstić information content (AvgIpc) is 2.37. The van der Waals surface area contributed by atoms with Crippen LogP contribution in [0.25, 0.3) is 0 Å². The Morgan fingerprint density at radius 3 is 2.89 bits per heavy atom. The van der Waals surface area contributed by atoms with Crippen LogP contribution >= 0.6 is 15.9 Å². The summed E-state index contributed by atoms with van der Waals surface area (Å²) < 4.78 is 18.7. The van der Waals surface area contributed by atoms with Gasteiger partial charge in [0.1, 0.15) is 12.8 Å². The number of aliphatic imine (C=N–C) groups is 1. The van der Waals surface area contributed by atoms with Gasteiger partial charge in [-0.2, -0.15) is 0 Å². The maximum Gasteiger partial charge on any atom is 0.228 e. The highest BCUT2D eigenvalue weighted by Gasteiger charge is 2.09. The van der Waals surface area contributed by atoms with Crippen LogP contribution in [0.5, 0.6) is 5.88 Å². The SMILES string of the molecule is CCN(C)/C=N/c1cc(Br)c(OCC(C)F)nc1C. The third-order valence-electron chi connectivity index (χ3n) is 2.45. The highest BCUT2D eigenvalue weighted by atomic mass is 79.9. The van der Waals surface area contributed by atoms with E-state index >= 15 is 0 Å². The number of hydrogen-bond donors (Lipinski definition) is 0. The van der Waals surface area contributed by atoms with Gasteiger partial charge in [-0.3, -0.25) is 0 Å². The number of aromatic nitrogens is 1. The van der Waals surface area contributed by atoms with Crippen LogP contribution in [-0.4, -0.2) is 42.6 Å². The predicted molar refractivity (Wildman–Crippen MR) is 79.2 cm³/mol. The molecule has 1 unspecified atom stereocenters. The zero-order valence-corrected chi connectivity index (χ0v) is 13.2. The second-order valence-electron chi connectivity index (χ2n) is 4.29. The van der Waals surface area contributed by atoms with Crippen molar-refractivity contribution in [3.63, 3.8) is 0 Å².